The lowest BCUT2D eigenvalue weighted by atomic mass is 9.92. The second-order valence-corrected chi connectivity index (χ2v) is 8.65. The van der Waals surface area contributed by atoms with Crippen LogP contribution >= 0.6 is 0 Å². The molecule has 118 valence electrons. The van der Waals surface area contributed by atoms with Gasteiger partial charge in [0.15, 0.2) is 0 Å². The van der Waals surface area contributed by atoms with E-state index in [-0.39, 0.29) is 17.3 Å². The monoisotopic (exact) mass is 302 g/mol. The molecule has 5 heteroatoms. The molecule has 2 fully saturated rings. The van der Waals surface area contributed by atoms with Crippen LogP contribution in [0.4, 0.5) is 0 Å². The van der Waals surface area contributed by atoms with Crippen molar-refractivity contribution in [2.45, 2.75) is 88.5 Å². The summed E-state index contributed by atoms with van der Waals surface area (Å²) < 4.78 is 27.7. The first-order valence-electron chi connectivity index (χ1n) is 8.32. The molecule has 2 aliphatic rings. The number of nitrogens with zero attached hydrogens (tertiary/aromatic N) is 1. The first-order valence-corrected chi connectivity index (χ1v) is 9.82. The minimum atomic E-state index is -3.11. The van der Waals surface area contributed by atoms with Crippen LogP contribution in [0.5, 0.6) is 0 Å². The van der Waals surface area contributed by atoms with E-state index in [1.807, 2.05) is 4.31 Å². The molecular formula is C15H30N2O2S. The van der Waals surface area contributed by atoms with Crippen molar-refractivity contribution >= 4 is 10.0 Å². The largest absolute Gasteiger partial charge is 0.328 e. The zero-order chi connectivity index (χ0) is 14.6. The third-order valence-corrected chi connectivity index (χ3v) is 7.34. The molecular weight excluding hydrogens is 272 g/mol. The number of rotatable bonds is 5. The Labute approximate surface area is 124 Å². The van der Waals surface area contributed by atoms with Crippen molar-refractivity contribution in [2.75, 3.05) is 6.54 Å². The van der Waals surface area contributed by atoms with Gasteiger partial charge in [-0.2, -0.15) is 4.31 Å². The molecule has 0 aromatic heterocycles. The van der Waals surface area contributed by atoms with E-state index in [0.717, 1.165) is 57.8 Å². The van der Waals surface area contributed by atoms with Crippen LogP contribution in [-0.4, -0.2) is 36.6 Å². The van der Waals surface area contributed by atoms with E-state index in [2.05, 4.69) is 6.92 Å². The van der Waals surface area contributed by atoms with Gasteiger partial charge in [0.25, 0.3) is 0 Å². The first kappa shape index (κ1) is 16.2. The molecule has 0 bridgehead atoms. The highest BCUT2D eigenvalue weighted by Gasteiger charge is 2.37. The topological polar surface area (TPSA) is 63.4 Å². The Morgan fingerprint density at radius 2 is 1.60 bits per heavy atom. The Morgan fingerprint density at radius 3 is 2.15 bits per heavy atom. The van der Waals surface area contributed by atoms with Crippen LogP contribution in [0.2, 0.25) is 0 Å². The van der Waals surface area contributed by atoms with Crippen LogP contribution in [0.1, 0.15) is 71.1 Å². The van der Waals surface area contributed by atoms with Crippen LogP contribution < -0.4 is 5.73 Å². The van der Waals surface area contributed by atoms with E-state index in [0.29, 0.717) is 6.54 Å². The molecule has 2 aliphatic carbocycles. The molecule has 2 rings (SSSR count). The van der Waals surface area contributed by atoms with Gasteiger partial charge in [0.05, 0.1) is 5.25 Å². The number of sulfonamides is 1. The van der Waals surface area contributed by atoms with Gasteiger partial charge in [-0.25, -0.2) is 8.42 Å². The van der Waals surface area contributed by atoms with Gasteiger partial charge in [-0.15, -0.1) is 0 Å². The summed E-state index contributed by atoms with van der Waals surface area (Å²) in [5.41, 5.74) is 5.95. The molecule has 0 spiro atoms. The molecule has 0 aromatic carbocycles. The van der Waals surface area contributed by atoms with E-state index in [4.69, 9.17) is 5.73 Å². The number of nitrogens with two attached hydrogens (primary N) is 1. The highest BCUT2D eigenvalue weighted by molar-refractivity contribution is 7.89. The zero-order valence-electron chi connectivity index (χ0n) is 12.8. The van der Waals surface area contributed by atoms with E-state index in [1.54, 1.807) is 0 Å². The Balaban J connectivity index is 2.09. The Bertz CT molecular complexity index is 383. The summed E-state index contributed by atoms with van der Waals surface area (Å²) in [7, 11) is -3.11. The quantitative estimate of drug-likeness (QED) is 0.849. The predicted molar refractivity (Wildman–Crippen MR) is 83.0 cm³/mol. The van der Waals surface area contributed by atoms with Crippen molar-refractivity contribution in [3.8, 4) is 0 Å². The Morgan fingerprint density at radius 1 is 1.00 bits per heavy atom. The summed E-state index contributed by atoms with van der Waals surface area (Å²) in [6, 6.07) is 0.466. The Hall–Kier alpha value is -0.130. The van der Waals surface area contributed by atoms with E-state index < -0.39 is 10.0 Å². The van der Waals surface area contributed by atoms with Crippen LogP contribution in [-0.2, 0) is 10.0 Å². The minimum absolute atomic E-state index is 0.126. The lowest BCUT2D eigenvalue weighted by Gasteiger charge is -2.38. The fourth-order valence-electron chi connectivity index (χ4n) is 3.68. The lowest BCUT2D eigenvalue weighted by molar-refractivity contribution is 0.236. The third kappa shape index (κ3) is 3.74. The maximum Gasteiger partial charge on any atom is 0.217 e. The maximum atomic E-state index is 13.0. The molecule has 0 aliphatic heterocycles. The second-order valence-electron chi connectivity index (χ2n) is 6.48. The van der Waals surface area contributed by atoms with Crippen molar-refractivity contribution in [1.29, 1.82) is 0 Å². The van der Waals surface area contributed by atoms with Crippen molar-refractivity contribution in [2.24, 2.45) is 5.73 Å². The number of hydrogen-bond acceptors (Lipinski definition) is 3. The van der Waals surface area contributed by atoms with Crippen LogP contribution in [0.3, 0.4) is 0 Å². The molecule has 0 amide bonds. The molecule has 2 N–H and O–H groups in total. The van der Waals surface area contributed by atoms with Crippen LogP contribution in [0.25, 0.3) is 0 Å². The molecule has 0 heterocycles. The molecule has 0 saturated heterocycles. The summed E-state index contributed by atoms with van der Waals surface area (Å²) >= 11 is 0. The van der Waals surface area contributed by atoms with E-state index in [9.17, 15) is 8.42 Å². The third-order valence-electron chi connectivity index (χ3n) is 4.89. The van der Waals surface area contributed by atoms with Crippen LogP contribution in [0, 0.1) is 0 Å². The van der Waals surface area contributed by atoms with Gasteiger partial charge in [0, 0.05) is 18.6 Å². The van der Waals surface area contributed by atoms with Gasteiger partial charge in [-0.1, -0.05) is 26.2 Å². The van der Waals surface area contributed by atoms with Gasteiger partial charge >= 0.3 is 0 Å². The summed E-state index contributed by atoms with van der Waals surface area (Å²) in [6.07, 6.45) is 9.74. The first-order chi connectivity index (χ1) is 9.55. The summed E-state index contributed by atoms with van der Waals surface area (Å²) in [4.78, 5) is 0. The van der Waals surface area contributed by atoms with E-state index >= 15 is 0 Å². The van der Waals surface area contributed by atoms with Gasteiger partial charge < -0.3 is 5.73 Å². The maximum absolute atomic E-state index is 13.0. The fourth-order valence-corrected chi connectivity index (χ4v) is 6.06. The molecule has 0 unspecified atom stereocenters. The van der Waals surface area contributed by atoms with Gasteiger partial charge in [0.1, 0.15) is 0 Å². The SMILES string of the molecule is CCCN(C1CCC(N)CC1)S(=O)(=O)C1CCCCC1. The van der Waals surface area contributed by atoms with Crippen molar-refractivity contribution in [3.05, 3.63) is 0 Å². The van der Waals surface area contributed by atoms with Gasteiger partial charge in [-0.05, 0) is 44.9 Å². The molecule has 2 saturated carbocycles. The predicted octanol–water partition coefficient (Wildman–Crippen LogP) is 2.63. The van der Waals surface area contributed by atoms with Crippen molar-refractivity contribution in [3.63, 3.8) is 0 Å². The van der Waals surface area contributed by atoms with Crippen molar-refractivity contribution in [1.82, 2.24) is 4.31 Å². The summed E-state index contributed by atoms with van der Waals surface area (Å²) in [5.74, 6) is 0. The molecule has 4 nitrogen and oxygen atoms in total. The second kappa shape index (κ2) is 7.23. The summed E-state index contributed by atoms with van der Waals surface area (Å²) in [6.45, 7) is 2.75. The van der Waals surface area contributed by atoms with Gasteiger partial charge in [0.2, 0.25) is 10.0 Å². The van der Waals surface area contributed by atoms with E-state index in [1.165, 1.54) is 6.42 Å². The average molecular weight is 302 g/mol. The fraction of sp³-hybridized carbons (Fsp3) is 1.00. The van der Waals surface area contributed by atoms with Crippen molar-refractivity contribution < 1.29 is 8.42 Å². The smallest absolute Gasteiger partial charge is 0.217 e. The van der Waals surface area contributed by atoms with Gasteiger partial charge in [-0.3, -0.25) is 0 Å². The minimum Gasteiger partial charge on any atom is -0.328 e. The lowest BCUT2D eigenvalue weighted by Crippen LogP contribution is -2.48. The molecule has 0 aromatic rings. The normalized spacial score (nSPS) is 29.8. The molecule has 20 heavy (non-hydrogen) atoms. The zero-order valence-corrected chi connectivity index (χ0v) is 13.6. The Kier molecular flexibility index (Phi) is 5.87. The number of hydrogen-bond donors (Lipinski definition) is 1. The average Bonchev–Trinajstić information content (AvgIpc) is 2.47. The van der Waals surface area contributed by atoms with Crippen LogP contribution in [0.15, 0.2) is 0 Å². The standard InChI is InChI=1S/C15H30N2O2S/c1-2-12-17(14-10-8-13(16)9-11-14)20(18,19)15-6-4-3-5-7-15/h13-15H,2-12,16H2,1H3. The molecule has 0 radical (unpaired) electrons. The highest BCUT2D eigenvalue weighted by Crippen LogP contribution is 2.31. The highest BCUT2D eigenvalue weighted by atomic mass is 32.2. The molecule has 0 atom stereocenters. The summed E-state index contributed by atoms with van der Waals surface area (Å²) in [5, 5.41) is -0.126.